The van der Waals surface area contributed by atoms with Gasteiger partial charge in [0.2, 0.25) is 5.91 Å². The van der Waals surface area contributed by atoms with Gasteiger partial charge < -0.3 is 20.1 Å². The maximum absolute atomic E-state index is 12.7. The molecule has 1 saturated heterocycles. The third-order valence-corrected chi connectivity index (χ3v) is 5.27. The molecule has 0 unspecified atom stereocenters. The Labute approximate surface area is 168 Å². The van der Waals surface area contributed by atoms with Crippen molar-refractivity contribution in [2.24, 2.45) is 0 Å². The highest BCUT2D eigenvalue weighted by molar-refractivity contribution is 5.93. The van der Waals surface area contributed by atoms with Crippen LogP contribution in [0.25, 0.3) is 10.9 Å². The molecule has 3 aromatic rings. The minimum absolute atomic E-state index is 0.0424. The first kappa shape index (κ1) is 18.9. The summed E-state index contributed by atoms with van der Waals surface area (Å²) < 4.78 is 0. The Morgan fingerprint density at radius 1 is 1.10 bits per heavy atom. The van der Waals surface area contributed by atoms with Crippen molar-refractivity contribution in [3.8, 4) is 0 Å². The van der Waals surface area contributed by atoms with Gasteiger partial charge in [-0.15, -0.1) is 0 Å². The minimum atomic E-state index is -0.129. The highest BCUT2D eigenvalue weighted by Crippen LogP contribution is 2.18. The van der Waals surface area contributed by atoms with Crippen molar-refractivity contribution in [1.29, 1.82) is 0 Å². The van der Waals surface area contributed by atoms with Crippen LogP contribution in [0.15, 0.2) is 42.9 Å². The summed E-state index contributed by atoms with van der Waals surface area (Å²) in [7, 11) is 0. The second-order valence-corrected chi connectivity index (χ2v) is 7.12. The largest absolute Gasteiger partial charge is 0.370 e. The predicted molar refractivity (Wildman–Crippen MR) is 111 cm³/mol. The first-order valence-corrected chi connectivity index (χ1v) is 9.77. The van der Waals surface area contributed by atoms with Gasteiger partial charge in [-0.3, -0.25) is 9.59 Å². The van der Waals surface area contributed by atoms with E-state index in [-0.39, 0.29) is 11.8 Å². The van der Waals surface area contributed by atoms with Gasteiger partial charge in [0, 0.05) is 62.8 Å². The SMILES string of the molecule is CC(=O)N1CCN(C(=O)c2cc(NCCc3c[nH]c4ccccc34)ncn2)CC1. The number of H-pyrrole nitrogens is 1. The number of aromatic nitrogens is 3. The van der Waals surface area contributed by atoms with E-state index in [0.717, 1.165) is 11.9 Å². The summed E-state index contributed by atoms with van der Waals surface area (Å²) in [6, 6.07) is 9.90. The number of benzene rings is 1. The molecule has 0 aliphatic carbocycles. The van der Waals surface area contributed by atoms with Gasteiger partial charge in [-0.25, -0.2) is 9.97 Å². The number of nitrogens with zero attached hydrogens (tertiary/aromatic N) is 4. The molecule has 1 aliphatic rings. The summed E-state index contributed by atoms with van der Waals surface area (Å²) in [6.07, 6.45) is 4.28. The lowest BCUT2D eigenvalue weighted by Gasteiger charge is -2.34. The molecule has 1 aromatic carbocycles. The molecule has 3 heterocycles. The Kier molecular flexibility index (Phi) is 5.41. The zero-order chi connectivity index (χ0) is 20.2. The lowest BCUT2D eigenvalue weighted by molar-refractivity contribution is -0.130. The molecular weight excluding hydrogens is 368 g/mol. The molecular formula is C21H24N6O2. The number of piperazine rings is 1. The van der Waals surface area contributed by atoms with E-state index >= 15 is 0 Å². The predicted octanol–water partition coefficient (Wildman–Crippen LogP) is 1.92. The fourth-order valence-corrected chi connectivity index (χ4v) is 3.62. The van der Waals surface area contributed by atoms with E-state index in [1.54, 1.807) is 22.8 Å². The Morgan fingerprint density at radius 3 is 2.66 bits per heavy atom. The summed E-state index contributed by atoms with van der Waals surface area (Å²) >= 11 is 0. The summed E-state index contributed by atoms with van der Waals surface area (Å²) in [4.78, 5) is 39.3. The topological polar surface area (TPSA) is 94.2 Å². The normalized spacial score (nSPS) is 14.2. The van der Waals surface area contributed by atoms with Gasteiger partial charge in [0.25, 0.3) is 5.91 Å². The third-order valence-electron chi connectivity index (χ3n) is 5.27. The monoisotopic (exact) mass is 392 g/mol. The molecule has 29 heavy (non-hydrogen) atoms. The number of fused-ring (bicyclic) bond motifs is 1. The lowest BCUT2D eigenvalue weighted by Crippen LogP contribution is -2.50. The second kappa shape index (κ2) is 8.30. The lowest BCUT2D eigenvalue weighted by atomic mass is 10.1. The van der Waals surface area contributed by atoms with Crippen LogP contribution < -0.4 is 5.32 Å². The Morgan fingerprint density at radius 2 is 1.86 bits per heavy atom. The molecule has 2 aromatic heterocycles. The summed E-state index contributed by atoms with van der Waals surface area (Å²) in [5, 5.41) is 4.50. The molecule has 4 rings (SSSR count). The van der Waals surface area contributed by atoms with Crippen molar-refractivity contribution in [3.05, 3.63) is 54.1 Å². The number of carbonyl (C=O) groups is 2. The van der Waals surface area contributed by atoms with Crippen molar-refractivity contribution in [3.63, 3.8) is 0 Å². The molecule has 1 fully saturated rings. The van der Waals surface area contributed by atoms with Crippen LogP contribution in [-0.2, 0) is 11.2 Å². The maximum atomic E-state index is 12.7. The molecule has 8 nitrogen and oxygen atoms in total. The molecule has 0 bridgehead atoms. The summed E-state index contributed by atoms with van der Waals surface area (Å²) in [5.41, 5.74) is 2.73. The van der Waals surface area contributed by atoms with Crippen LogP contribution in [0.3, 0.4) is 0 Å². The smallest absolute Gasteiger partial charge is 0.272 e. The highest BCUT2D eigenvalue weighted by Gasteiger charge is 2.24. The van der Waals surface area contributed by atoms with Crippen LogP contribution in [0.5, 0.6) is 0 Å². The Balaban J connectivity index is 1.35. The number of hydrogen-bond donors (Lipinski definition) is 2. The minimum Gasteiger partial charge on any atom is -0.370 e. The summed E-state index contributed by atoms with van der Waals surface area (Å²) in [5.74, 6) is 0.543. The first-order chi connectivity index (χ1) is 14.1. The molecule has 2 amide bonds. The number of rotatable bonds is 5. The fourth-order valence-electron chi connectivity index (χ4n) is 3.62. The quantitative estimate of drug-likeness (QED) is 0.692. The molecule has 8 heteroatoms. The first-order valence-electron chi connectivity index (χ1n) is 9.77. The molecule has 150 valence electrons. The van der Waals surface area contributed by atoms with Crippen LogP contribution in [0, 0.1) is 0 Å². The Hall–Kier alpha value is -3.42. The zero-order valence-corrected chi connectivity index (χ0v) is 16.4. The number of anilines is 1. The van der Waals surface area contributed by atoms with Crippen LogP contribution >= 0.6 is 0 Å². The van der Waals surface area contributed by atoms with Crippen LogP contribution in [0.2, 0.25) is 0 Å². The summed E-state index contributed by atoms with van der Waals surface area (Å²) in [6.45, 7) is 4.40. The van der Waals surface area contributed by atoms with E-state index in [4.69, 9.17) is 0 Å². The van der Waals surface area contributed by atoms with Gasteiger partial charge in [0.1, 0.15) is 17.8 Å². The number of para-hydroxylation sites is 1. The van der Waals surface area contributed by atoms with Crippen molar-refractivity contribution in [2.75, 3.05) is 38.0 Å². The van der Waals surface area contributed by atoms with E-state index in [2.05, 4.69) is 32.4 Å². The van der Waals surface area contributed by atoms with Crippen molar-refractivity contribution >= 4 is 28.5 Å². The maximum Gasteiger partial charge on any atom is 0.272 e. The third kappa shape index (κ3) is 4.21. The number of nitrogens with one attached hydrogen (secondary N) is 2. The van der Waals surface area contributed by atoms with Gasteiger partial charge in [-0.1, -0.05) is 18.2 Å². The van der Waals surface area contributed by atoms with Crippen molar-refractivity contribution in [1.82, 2.24) is 24.8 Å². The van der Waals surface area contributed by atoms with Gasteiger partial charge in [-0.2, -0.15) is 0 Å². The van der Waals surface area contributed by atoms with Gasteiger partial charge in [0.05, 0.1) is 0 Å². The number of carbonyl (C=O) groups excluding carboxylic acids is 2. The van der Waals surface area contributed by atoms with Crippen molar-refractivity contribution < 1.29 is 9.59 Å². The fraction of sp³-hybridized carbons (Fsp3) is 0.333. The van der Waals surface area contributed by atoms with E-state index in [1.165, 1.54) is 17.3 Å². The van der Waals surface area contributed by atoms with Gasteiger partial charge in [-0.05, 0) is 18.1 Å². The van der Waals surface area contributed by atoms with E-state index < -0.39 is 0 Å². The van der Waals surface area contributed by atoms with Gasteiger partial charge in [0.15, 0.2) is 0 Å². The standard InChI is InChI=1S/C21H24N6O2/c1-15(28)26-8-10-27(11-9-26)21(29)19-12-20(25-14-24-19)22-7-6-16-13-23-18-5-3-2-4-17(16)18/h2-5,12-14,23H,6-11H2,1H3,(H,22,24,25). The number of amides is 2. The average Bonchev–Trinajstić information content (AvgIpc) is 3.17. The number of hydrogen-bond acceptors (Lipinski definition) is 5. The highest BCUT2D eigenvalue weighted by atomic mass is 16.2. The van der Waals surface area contributed by atoms with Gasteiger partial charge >= 0.3 is 0 Å². The van der Waals surface area contributed by atoms with Crippen molar-refractivity contribution in [2.45, 2.75) is 13.3 Å². The molecule has 0 spiro atoms. The molecule has 1 aliphatic heterocycles. The number of aromatic amines is 1. The molecule has 0 atom stereocenters. The molecule has 0 radical (unpaired) electrons. The van der Waals surface area contributed by atoms with Crippen LogP contribution in [0.1, 0.15) is 23.0 Å². The average molecular weight is 392 g/mol. The van der Waals surface area contributed by atoms with E-state index in [0.29, 0.717) is 44.2 Å². The molecule has 2 N–H and O–H groups in total. The van der Waals surface area contributed by atoms with E-state index in [9.17, 15) is 9.59 Å². The Bertz CT molecular complexity index is 1020. The van der Waals surface area contributed by atoms with Crippen LogP contribution in [0.4, 0.5) is 5.82 Å². The second-order valence-electron chi connectivity index (χ2n) is 7.12. The zero-order valence-electron chi connectivity index (χ0n) is 16.4. The molecule has 0 saturated carbocycles. The van der Waals surface area contributed by atoms with E-state index in [1.807, 2.05) is 18.3 Å². The van der Waals surface area contributed by atoms with Crippen LogP contribution in [-0.4, -0.2) is 69.3 Å².